The molecule has 0 amide bonds. The molecule has 0 radical (unpaired) electrons. The molecule has 108 valence electrons. The Morgan fingerprint density at radius 1 is 1.29 bits per heavy atom. The molecule has 0 bridgehead atoms. The largest absolute Gasteiger partial charge is 0.497 e. The predicted molar refractivity (Wildman–Crippen MR) is 78.3 cm³/mol. The predicted octanol–water partition coefficient (Wildman–Crippen LogP) is 3.11. The van der Waals surface area contributed by atoms with Crippen LogP contribution < -0.4 is 9.47 Å². The third kappa shape index (κ3) is 2.57. The molecule has 21 heavy (non-hydrogen) atoms. The Bertz CT molecular complexity index is 678. The Morgan fingerprint density at radius 2 is 2.10 bits per heavy atom. The van der Waals surface area contributed by atoms with Crippen LogP contribution in [0.5, 0.6) is 11.5 Å². The van der Waals surface area contributed by atoms with Crippen molar-refractivity contribution >= 4 is 5.97 Å². The van der Waals surface area contributed by atoms with Crippen LogP contribution in [0, 0.1) is 0 Å². The van der Waals surface area contributed by atoms with E-state index in [1.807, 2.05) is 12.1 Å². The summed E-state index contributed by atoms with van der Waals surface area (Å²) in [5.74, 6) is 0.269. The van der Waals surface area contributed by atoms with E-state index in [1.54, 1.807) is 19.2 Å². The monoisotopic (exact) mass is 284 g/mol. The smallest absolute Gasteiger partial charge is 0.339 e. The average Bonchev–Trinajstić information content (AvgIpc) is 2.47. The first kappa shape index (κ1) is 13.5. The van der Waals surface area contributed by atoms with Crippen LogP contribution in [-0.4, -0.2) is 24.8 Å². The summed E-state index contributed by atoms with van der Waals surface area (Å²) >= 11 is 0. The molecule has 1 aliphatic rings. The summed E-state index contributed by atoms with van der Waals surface area (Å²) in [4.78, 5) is 11.2. The topological polar surface area (TPSA) is 55.8 Å². The minimum Gasteiger partial charge on any atom is -0.497 e. The second-order valence-electron chi connectivity index (χ2n) is 5.08. The van der Waals surface area contributed by atoms with E-state index in [2.05, 4.69) is 12.1 Å². The summed E-state index contributed by atoms with van der Waals surface area (Å²) < 4.78 is 10.9. The average molecular weight is 284 g/mol. The van der Waals surface area contributed by atoms with E-state index in [0.717, 1.165) is 6.42 Å². The lowest BCUT2D eigenvalue weighted by molar-refractivity contribution is 0.0691. The maximum absolute atomic E-state index is 11.2. The molecule has 1 unspecified atom stereocenters. The molecular formula is C17H16O4. The molecule has 0 saturated heterocycles. The lowest BCUT2D eigenvalue weighted by Crippen LogP contribution is -2.23. The minimum absolute atomic E-state index is 0.156. The van der Waals surface area contributed by atoms with Gasteiger partial charge < -0.3 is 14.6 Å². The molecule has 1 aliphatic carbocycles. The second kappa shape index (κ2) is 5.48. The maximum Gasteiger partial charge on any atom is 0.339 e. The number of benzene rings is 2. The summed E-state index contributed by atoms with van der Waals surface area (Å²) in [6.07, 6.45) is 0.975. The number of fused-ring (bicyclic) bond motifs is 1. The molecule has 3 rings (SSSR count). The lowest BCUT2D eigenvalue weighted by atomic mass is 9.78. The molecule has 0 heterocycles. The number of hydrogen-bond acceptors (Lipinski definition) is 3. The van der Waals surface area contributed by atoms with Crippen molar-refractivity contribution in [3.63, 3.8) is 0 Å². The Labute approximate surface area is 122 Å². The Morgan fingerprint density at radius 3 is 2.81 bits per heavy atom. The zero-order chi connectivity index (χ0) is 14.8. The maximum atomic E-state index is 11.2. The van der Waals surface area contributed by atoms with Crippen molar-refractivity contribution in [2.24, 2.45) is 0 Å². The van der Waals surface area contributed by atoms with E-state index in [4.69, 9.17) is 9.47 Å². The number of methoxy groups -OCH3 is 1. The highest BCUT2D eigenvalue weighted by molar-refractivity contribution is 5.91. The van der Waals surface area contributed by atoms with Crippen molar-refractivity contribution in [3.8, 4) is 11.5 Å². The molecule has 4 nitrogen and oxygen atoms in total. The summed E-state index contributed by atoms with van der Waals surface area (Å²) in [6, 6.07) is 13.0. The van der Waals surface area contributed by atoms with Crippen LogP contribution in [0.1, 0.15) is 27.4 Å². The van der Waals surface area contributed by atoms with E-state index in [-0.39, 0.29) is 5.56 Å². The van der Waals surface area contributed by atoms with Gasteiger partial charge in [-0.3, -0.25) is 0 Å². The minimum atomic E-state index is -0.998. The third-order valence-corrected chi connectivity index (χ3v) is 3.82. The van der Waals surface area contributed by atoms with Crippen LogP contribution in [0.15, 0.2) is 42.5 Å². The molecule has 1 atom stereocenters. The molecule has 0 fully saturated rings. The van der Waals surface area contributed by atoms with Crippen LogP contribution in [0.4, 0.5) is 0 Å². The van der Waals surface area contributed by atoms with Crippen LogP contribution in [0.2, 0.25) is 0 Å². The van der Waals surface area contributed by atoms with E-state index in [9.17, 15) is 9.90 Å². The summed E-state index contributed by atoms with van der Waals surface area (Å²) in [7, 11) is 1.54. The van der Waals surface area contributed by atoms with Crippen molar-refractivity contribution in [1.29, 1.82) is 0 Å². The van der Waals surface area contributed by atoms with Gasteiger partial charge in [0.05, 0.1) is 13.7 Å². The zero-order valence-corrected chi connectivity index (χ0v) is 11.7. The third-order valence-electron chi connectivity index (χ3n) is 3.82. The number of rotatable bonds is 5. The first-order valence-corrected chi connectivity index (χ1v) is 6.81. The number of aromatic carboxylic acids is 1. The van der Waals surface area contributed by atoms with Gasteiger partial charge in [0.1, 0.15) is 17.1 Å². The fourth-order valence-electron chi connectivity index (χ4n) is 2.63. The zero-order valence-electron chi connectivity index (χ0n) is 11.7. The lowest BCUT2D eigenvalue weighted by Gasteiger charge is -2.30. The van der Waals surface area contributed by atoms with E-state index in [0.29, 0.717) is 24.0 Å². The fraction of sp³-hybridized carbons (Fsp3) is 0.235. The van der Waals surface area contributed by atoms with Crippen molar-refractivity contribution in [2.45, 2.75) is 12.3 Å². The number of carboxylic acid groups (broad SMARTS) is 1. The van der Waals surface area contributed by atoms with Crippen LogP contribution in [-0.2, 0) is 6.42 Å². The molecule has 2 aromatic rings. The number of hydrogen-bond donors (Lipinski definition) is 1. The number of carbonyl (C=O) groups is 1. The summed E-state index contributed by atoms with van der Waals surface area (Å²) in [5.41, 5.74) is 2.79. The Hall–Kier alpha value is -2.49. The highest BCUT2D eigenvalue weighted by atomic mass is 16.5. The van der Waals surface area contributed by atoms with Crippen molar-refractivity contribution < 1.29 is 19.4 Å². The van der Waals surface area contributed by atoms with E-state index in [1.165, 1.54) is 17.2 Å². The van der Waals surface area contributed by atoms with Crippen molar-refractivity contribution in [2.75, 3.05) is 13.7 Å². The van der Waals surface area contributed by atoms with Gasteiger partial charge in [0.2, 0.25) is 0 Å². The molecule has 4 heteroatoms. The standard InChI is InChI=1S/C17H16O4/c1-20-13-6-7-15(17(18)19)16(9-13)21-10-12-8-11-4-2-3-5-14(11)12/h2-7,9,12H,8,10H2,1H3,(H,18,19). The van der Waals surface area contributed by atoms with Crippen LogP contribution in [0.3, 0.4) is 0 Å². The second-order valence-corrected chi connectivity index (χ2v) is 5.08. The molecule has 0 aromatic heterocycles. The van der Waals surface area contributed by atoms with Gasteiger partial charge in [-0.25, -0.2) is 4.79 Å². The van der Waals surface area contributed by atoms with Gasteiger partial charge in [0.15, 0.2) is 0 Å². The summed E-state index contributed by atoms with van der Waals surface area (Å²) in [5, 5.41) is 9.20. The number of ether oxygens (including phenoxy) is 2. The van der Waals surface area contributed by atoms with Crippen LogP contribution in [0.25, 0.3) is 0 Å². The Balaban J connectivity index is 1.75. The van der Waals surface area contributed by atoms with Crippen LogP contribution >= 0.6 is 0 Å². The summed E-state index contributed by atoms with van der Waals surface area (Å²) in [6.45, 7) is 0.477. The molecule has 0 aliphatic heterocycles. The van der Waals surface area contributed by atoms with Gasteiger partial charge >= 0.3 is 5.97 Å². The molecule has 0 saturated carbocycles. The molecular weight excluding hydrogens is 268 g/mol. The van der Waals surface area contributed by atoms with Crippen molar-refractivity contribution in [3.05, 3.63) is 59.2 Å². The number of carboxylic acids is 1. The quantitative estimate of drug-likeness (QED) is 0.916. The van der Waals surface area contributed by atoms with Gasteiger partial charge in [0.25, 0.3) is 0 Å². The highest BCUT2D eigenvalue weighted by Crippen LogP contribution is 2.35. The Kier molecular flexibility index (Phi) is 3.52. The normalized spacial score (nSPS) is 15.8. The first-order chi connectivity index (χ1) is 10.2. The van der Waals surface area contributed by atoms with Gasteiger partial charge in [-0.05, 0) is 29.7 Å². The molecule has 0 spiro atoms. The van der Waals surface area contributed by atoms with Crippen molar-refractivity contribution in [1.82, 2.24) is 0 Å². The molecule has 2 aromatic carbocycles. The van der Waals surface area contributed by atoms with Gasteiger partial charge in [-0.1, -0.05) is 24.3 Å². The first-order valence-electron chi connectivity index (χ1n) is 6.81. The highest BCUT2D eigenvalue weighted by Gasteiger charge is 2.26. The van der Waals surface area contributed by atoms with Gasteiger partial charge in [0, 0.05) is 12.0 Å². The SMILES string of the molecule is COc1ccc(C(=O)O)c(OCC2Cc3ccccc32)c1. The van der Waals surface area contributed by atoms with E-state index < -0.39 is 5.97 Å². The fourth-order valence-corrected chi connectivity index (χ4v) is 2.63. The van der Waals surface area contributed by atoms with Gasteiger partial charge in [-0.2, -0.15) is 0 Å². The molecule has 1 N–H and O–H groups in total. The van der Waals surface area contributed by atoms with Gasteiger partial charge in [-0.15, -0.1) is 0 Å². The van der Waals surface area contributed by atoms with E-state index >= 15 is 0 Å².